The van der Waals surface area contributed by atoms with Gasteiger partial charge in [-0.2, -0.15) is 0 Å². The Morgan fingerprint density at radius 1 is 1.17 bits per heavy atom. The van der Waals surface area contributed by atoms with Crippen LogP contribution in [-0.2, 0) is 28.1 Å². The first-order valence-electron chi connectivity index (χ1n) is 1.14. The molecule has 0 rings (SSSR count). The van der Waals surface area contributed by atoms with Gasteiger partial charge in [0.15, 0.2) is 0 Å². The van der Waals surface area contributed by atoms with E-state index in [-0.39, 0.29) is 18.6 Å². The summed E-state index contributed by atoms with van der Waals surface area (Å²) >= 11 is 0. The number of carbonyl (C=O) groups excluding carboxylic acids is 2. The second kappa shape index (κ2) is 8.84. The molecular weight excluding hydrogens is 119 g/mol. The summed E-state index contributed by atoms with van der Waals surface area (Å²) in [6.45, 7) is 0. The van der Waals surface area contributed by atoms with E-state index in [1.807, 2.05) is 0 Å². The normalized spacial score (nSPS) is 4.67. The van der Waals surface area contributed by atoms with E-state index < -0.39 is 0 Å². The molecule has 0 aromatic heterocycles. The van der Waals surface area contributed by atoms with Gasteiger partial charge in [0.1, 0.15) is 0 Å². The summed E-state index contributed by atoms with van der Waals surface area (Å²) in [6, 6.07) is 0. The van der Waals surface area contributed by atoms with Crippen LogP contribution in [0.25, 0.3) is 0 Å². The van der Waals surface area contributed by atoms with Crippen LogP contribution in [0.2, 0.25) is 0 Å². The molecule has 0 saturated heterocycles. The van der Waals surface area contributed by atoms with Gasteiger partial charge in [0.05, 0.1) is 0 Å². The van der Waals surface area contributed by atoms with Gasteiger partial charge in [0.25, 0.3) is 0 Å². The molecule has 0 N–H and O–H groups in total. The number of carbonyl (C=O) groups is 2. The molecule has 0 bridgehead atoms. The van der Waals surface area contributed by atoms with Crippen molar-refractivity contribution in [2.75, 3.05) is 0 Å². The van der Waals surface area contributed by atoms with E-state index in [9.17, 15) is 0 Å². The van der Waals surface area contributed by atoms with E-state index in [4.69, 9.17) is 9.59 Å². The molecule has 33 valence electrons. The van der Waals surface area contributed by atoms with E-state index in [2.05, 4.69) is 0 Å². The van der Waals surface area contributed by atoms with Crippen LogP contribution in [0.1, 0.15) is 0 Å². The fraction of sp³-hybridized carbons (Fsp3) is 0. The Hall–Kier alpha value is -0.206. The van der Waals surface area contributed by atoms with Crippen LogP contribution >= 0.6 is 0 Å². The Balaban J connectivity index is 0. The van der Waals surface area contributed by atoms with Gasteiger partial charge in [0.2, 0.25) is 0 Å². The van der Waals surface area contributed by atoms with E-state index >= 15 is 0 Å². The second-order valence-corrected chi connectivity index (χ2v) is 0.465. The maximum absolute atomic E-state index is 9.12. The minimum Gasteiger partial charge on any atom is -0.338 e. The van der Waals surface area contributed by atoms with Gasteiger partial charge in [-0.1, -0.05) is 0 Å². The molecule has 0 aromatic rings. The predicted octanol–water partition coefficient (Wildman–Crippen LogP) is -0.414. The van der Waals surface area contributed by atoms with Gasteiger partial charge in [-0.05, 0) is 12.6 Å². The summed E-state index contributed by atoms with van der Waals surface area (Å²) in [6.07, 6.45) is 1.76. The van der Waals surface area contributed by atoms with Crippen molar-refractivity contribution in [1.29, 1.82) is 0 Å². The van der Waals surface area contributed by atoms with Crippen LogP contribution in [0, 0.1) is 6.42 Å². The van der Waals surface area contributed by atoms with E-state index in [1.165, 1.54) is 0 Å². The van der Waals surface area contributed by atoms with Crippen molar-refractivity contribution in [3.05, 3.63) is 6.42 Å². The number of aldehydes is 2. The summed E-state index contributed by atoms with van der Waals surface area (Å²) in [5.41, 5.74) is 0. The van der Waals surface area contributed by atoms with Crippen molar-refractivity contribution in [2.24, 2.45) is 0 Å². The maximum atomic E-state index is 9.12. The number of rotatable bonds is 2. The second-order valence-electron chi connectivity index (χ2n) is 0.465. The van der Waals surface area contributed by atoms with Gasteiger partial charge < -0.3 is 9.59 Å². The Morgan fingerprint density at radius 3 is 1.50 bits per heavy atom. The van der Waals surface area contributed by atoms with Crippen LogP contribution in [0.5, 0.6) is 0 Å². The molecule has 1 radical (unpaired) electrons. The molecule has 0 atom stereocenters. The van der Waals surface area contributed by atoms with E-state index in [0.29, 0.717) is 12.6 Å². The molecule has 0 fully saturated rings. The maximum Gasteiger partial charge on any atom is 0 e. The largest absolute Gasteiger partial charge is 0.338 e. The summed E-state index contributed by atoms with van der Waals surface area (Å²) < 4.78 is 0. The van der Waals surface area contributed by atoms with Crippen molar-refractivity contribution in [1.82, 2.24) is 0 Å². The zero-order chi connectivity index (χ0) is 4.12. The molecule has 0 aliphatic heterocycles. The standard InChI is InChI=1S/C3H3O2.V/c4-2-1-3-5;/h1-3H;/q-1;. The zero-order valence-electron chi connectivity index (χ0n) is 3.00. The molecule has 0 aliphatic rings. The Morgan fingerprint density at radius 2 is 1.50 bits per heavy atom. The summed E-state index contributed by atoms with van der Waals surface area (Å²) in [4.78, 5) is 18.2. The van der Waals surface area contributed by atoms with Crippen LogP contribution in [-0.4, -0.2) is 12.6 Å². The molecule has 3 heteroatoms. The third-order valence-electron chi connectivity index (χ3n) is 0.157. The quantitative estimate of drug-likeness (QED) is 0.283. The van der Waals surface area contributed by atoms with Gasteiger partial charge in [-0.15, -0.1) is 0 Å². The monoisotopic (exact) mass is 122 g/mol. The van der Waals surface area contributed by atoms with Crippen LogP contribution in [0.4, 0.5) is 0 Å². The topological polar surface area (TPSA) is 34.1 Å². The minimum atomic E-state index is 0. The fourth-order valence-electron chi connectivity index (χ4n) is 0.0321. The zero-order valence-corrected chi connectivity index (χ0v) is 4.39. The van der Waals surface area contributed by atoms with Crippen LogP contribution in [0.15, 0.2) is 0 Å². The molecule has 0 aliphatic carbocycles. The third kappa shape index (κ3) is 9.20. The van der Waals surface area contributed by atoms with Gasteiger partial charge >= 0.3 is 0 Å². The Labute approximate surface area is 47.8 Å². The predicted molar refractivity (Wildman–Crippen MR) is 16.4 cm³/mol. The van der Waals surface area contributed by atoms with Crippen molar-refractivity contribution >= 4 is 12.6 Å². The van der Waals surface area contributed by atoms with Gasteiger partial charge in [0, 0.05) is 18.6 Å². The molecule has 0 heterocycles. The van der Waals surface area contributed by atoms with Crippen molar-refractivity contribution in [3.8, 4) is 0 Å². The smallest absolute Gasteiger partial charge is 0 e. The average molecular weight is 122 g/mol. The molecule has 0 amide bonds. The van der Waals surface area contributed by atoms with Gasteiger partial charge in [-0.3, -0.25) is 6.42 Å². The number of hydrogen-bond acceptors (Lipinski definition) is 2. The summed E-state index contributed by atoms with van der Waals surface area (Å²) in [5, 5.41) is 0. The minimum absolute atomic E-state index is 0. The SMILES string of the molecule is O=C[CH-]C=O.[V]. The third-order valence-corrected chi connectivity index (χ3v) is 0.157. The molecule has 0 aromatic carbocycles. The average Bonchev–Trinajstić information content (AvgIpc) is 1.41. The van der Waals surface area contributed by atoms with Crippen molar-refractivity contribution < 1.29 is 28.1 Å². The van der Waals surface area contributed by atoms with Crippen molar-refractivity contribution in [3.63, 3.8) is 0 Å². The first kappa shape index (κ1) is 9.25. The molecule has 2 nitrogen and oxygen atoms in total. The molecular formula is C3H3O2V-. The summed E-state index contributed by atoms with van der Waals surface area (Å²) in [7, 11) is 0. The van der Waals surface area contributed by atoms with Gasteiger partial charge in [-0.25, -0.2) is 0 Å². The van der Waals surface area contributed by atoms with Crippen LogP contribution < -0.4 is 0 Å². The Kier molecular flexibility index (Phi) is 13.6. The molecule has 0 spiro atoms. The first-order chi connectivity index (χ1) is 2.41. The number of hydrogen-bond donors (Lipinski definition) is 0. The molecule has 6 heavy (non-hydrogen) atoms. The fourth-order valence-corrected chi connectivity index (χ4v) is 0.0321. The Bertz CT molecular complexity index is 38.1. The molecule has 0 unspecified atom stereocenters. The van der Waals surface area contributed by atoms with E-state index in [0.717, 1.165) is 6.42 Å². The van der Waals surface area contributed by atoms with E-state index in [1.54, 1.807) is 0 Å². The first-order valence-corrected chi connectivity index (χ1v) is 1.14. The summed E-state index contributed by atoms with van der Waals surface area (Å²) in [5.74, 6) is 0. The van der Waals surface area contributed by atoms with Crippen molar-refractivity contribution in [2.45, 2.75) is 0 Å². The molecule has 0 saturated carbocycles. The van der Waals surface area contributed by atoms with Crippen LogP contribution in [0.3, 0.4) is 0 Å².